The molecule has 8 nitrogen and oxygen atoms in total. The predicted octanol–water partition coefficient (Wildman–Crippen LogP) is -0.0232. The van der Waals surface area contributed by atoms with Crippen molar-refractivity contribution in [3.8, 4) is 0 Å². The zero-order valence-corrected chi connectivity index (χ0v) is 13.5. The lowest BCUT2D eigenvalue weighted by atomic mass is 10.2. The Kier molecular flexibility index (Phi) is 4.70. The van der Waals surface area contributed by atoms with Crippen LogP contribution in [0.3, 0.4) is 0 Å². The average molecular weight is 309 g/mol. The van der Waals surface area contributed by atoms with Gasteiger partial charge in [0.2, 0.25) is 5.95 Å². The second-order valence-electron chi connectivity index (χ2n) is 5.65. The van der Waals surface area contributed by atoms with Gasteiger partial charge < -0.3 is 15.0 Å². The van der Waals surface area contributed by atoms with E-state index >= 15 is 0 Å². The van der Waals surface area contributed by atoms with Crippen LogP contribution in [-0.4, -0.2) is 36.9 Å². The van der Waals surface area contributed by atoms with Crippen LogP contribution in [0, 0.1) is 5.92 Å². The second kappa shape index (κ2) is 6.35. The number of anilines is 1. The molecule has 122 valence electrons. The SMILES string of the molecule is CCn1c(=O)c2c(nc(NCCO)n2C)n(CC(C)C)c1=O. The van der Waals surface area contributed by atoms with Crippen molar-refractivity contribution in [2.45, 2.75) is 33.9 Å². The molecule has 0 atom stereocenters. The van der Waals surface area contributed by atoms with E-state index in [1.54, 1.807) is 23.1 Å². The van der Waals surface area contributed by atoms with Crippen LogP contribution in [0.2, 0.25) is 0 Å². The molecule has 0 bridgehead atoms. The fourth-order valence-electron chi connectivity index (χ4n) is 2.50. The van der Waals surface area contributed by atoms with Crippen LogP contribution in [-0.2, 0) is 20.1 Å². The van der Waals surface area contributed by atoms with E-state index in [4.69, 9.17) is 5.11 Å². The first kappa shape index (κ1) is 16.3. The smallest absolute Gasteiger partial charge is 0.332 e. The van der Waals surface area contributed by atoms with Crippen molar-refractivity contribution in [1.29, 1.82) is 0 Å². The summed E-state index contributed by atoms with van der Waals surface area (Å²) in [5.41, 5.74) is 0.106. The molecule has 8 heteroatoms. The van der Waals surface area contributed by atoms with Crippen molar-refractivity contribution in [2.75, 3.05) is 18.5 Å². The van der Waals surface area contributed by atoms with Gasteiger partial charge in [0, 0.05) is 26.7 Å². The highest BCUT2D eigenvalue weighted by Gasteiger charge is 2.19. The molecule has 0 spiro atoms. The Balaban J connectivity index is 2.80. The number of aromatic nitrogens is 4. The van der Waals surface area contributed by atoms with Gasteiger partial charge in [0.05, 0.1) is 6.61 Å². The number of aliphatic hydroxyl groups is 1. The zero-order chi connectivity index (χ0) is 16.4. The number of nitrogens with one attached hydrogen (secondary N) is 1. The van der Waals surface area contributed by atoms with Crippen LogP contribution < -0.4 is 16.6 Å². The summed E-state index contributed by atoms with van der Waals surface area (Å²) in [7, 11) is 1.72. The first-order chi connectivity index (χ1) is 10.4. The Morgan fingerprint density at radius 1 is 1.27 bits per heavy atom. The summed E-state index contributed by atoms with van der Waals surface area (Å²) in [5.74, 6) is 0.714. The number of nitrogens with zero attached hydrogens (tertiary/aromatic N) is 4. The van der Waals surface area contributed by atoms with Gasteiger partial charge in [-0.25, -0.2) is 4.79 Å². The molecule has 2 N–H and O–H groups in total. The topological polar surface area (TPSA) is 94.1 Å². The lowest BCUT2D eigenvalue weighted by Gasteiger charge is -2.12. The van der Waals surface area contributed by atoms with Crippen LogP contribution in [0.5, 0.6) is 0 Å². The molecular formula is C14H23N5O3. The Morgan fingerprint density at radius 2 is 1.95 bits per heavy atom. The number of aliphatic hydroxyl groups excluding tert-OH is 1. The molecule has 0 aromatic carbocycles. The van der Waals surface area contributed by atoms with E-state index in [1.807, 2.05) is 13.8 Å². The Hall–Kier alpha value is -2.09. The summed E-state index contributed by atoms with van der Waals surface area (Å²) < 4.78 is 4.41. The summed E-state index contributed by atoms with van der Waals surface area (Å²) in [4.78, 5) is 29.4. The van der Waals surface area contributed by atoms with Gasteiger partial charge in [-0.1, -0.05) is 13.8 Å². The summed E-state index contributed by atoms with van der Waals surface area (Å²) in [5, 5.41) is 11.9. The van der Waals surface area contributed by atoms with Gasteiger partial charge in [-0.05, 0) is 12.8 Å². The minimum atomic E-state index is -0.338. The average Bonchev–Trinajstić information content (AvgIpc) is 2.79. The lowest BCUT2D eigenvalue weighted by Crippen LogP contribution is -2.40. The first-order valence-electron chi connectivity index (χ1n) is 7.47. The van der Waals surface area contributed by atoms with Crippen LogP contribution in [0.1, 0.15) is 20.8 Å². The normalized spacial score (nSPS) is 11.5. The number of rotatable bonds is 6. The van der Waals surface area contributed by atoms with Gasteiger partial charge in [-0.2, -0.15) is 4.98 Å². The van der Waals surface area contributed by atoms with E-state index in [0.29, 0.717) is 36.7 Å². The molecule has 0 aliphatic rings. The summed E-state index contributed by atoms with van der Waals surface area (Å²) >= 11 is 0. The summed E-state index contributed by atoms with van der Waals surface area (Å²) in [6.45, 7) is 6.88. The van der Waals surface area contributed by atoms with E-state index in [9.17, 15) is 9.59 Å². The fraction of sp³-hybridized carbons (Fsp3) is 0.643. The Bertz CT molecular complexity index is 784. The summed E-state index contributed by atoms with van der Waals surface area (Å²) in [6.07, 6.45) is 0. The molecule has 0 saturated heterocycles. The Morgan fingerprint density at radius 3 is 2.50 bits per heavy atom. The van der Waals surface area contributed by atoms with E-state index < -0.39 is 0 Å². The molecule has 2 aromatic rings. The molecular weight excluding hydrogens is 286 g/mol. The molecule has 22 heavy (non-hydrogen) atoms. The number of aryl methyl sites for hydroxylation is 1. The molecule has 0 fully saturated rings. The van der Waals surface area contributed by atoms with Crippen molar-refractivity contribution in [3.05, 3.63) is 20.8 Å². The molecule has 2 aromatic heterocycles. The molecule has 0 aliphatic carbocycles. The molecule has 0 amide bonds. The highest BCUT2D eigenvalue weighted by molar-refractivity contribution is 5.74. The van der Waals surface area contributed by atoms with Gasteiger partial charge >= 0.3 is 5.69 Å². The van der Waals surface area contributed by atoms with E-state index in [2.05, 4.69) is 10.3 Å². The predicted molar refractivity (Wildman–Crippen MR) is 85.3 cm³/mol. The van der Waals surface area contributed by atoms with Crippen molar-refractivity contribution in [3.63, 3.8) is 0 Å². The van der Waals surface area contributed by atoms with E-state index in [0.717, 1.165) is 0 Å². The molecule has 2 heterocycles. The maximum absolute atomic E-state index is 12.5. The van der Waals surface area contributed by atoms with Crippen molar-refractivity contribution >= 4 is 17.1 Å². The van der Waals surface area contributed by atoms with Gasteiger partial charge in [0.1, 0.15) is 0 Å². The third-order valence-electron chi connectivity index (χ3n) is 3.50. The van der Waals surface area contributed by atoms with Crippen molar-refractivity contribution < 1.29 is 5.11 Å². The third kappa shape index (κ3) is 2.66. The van der Waals surface area contributed by atoms with Gasteiger partial charge in [-0.3, -0.25) is 13.9 Å². The number of hydrogen-bond donors (Lipinski definition) is 2. The first-order valence-corrected chi connectivity index (χ1v) is 7.47. The summed E-state index contributed by atoms with van der Waals surface area (Å²) in [6, 6.07) is 0. The fourth-order valence-corrected chi connectivity index (χ4v) is 2.50. The van der Waals surface area contributed by atoms with E-state index in [-0.39, 0.29) is 23.8 Å². The minimum Gasteiger partial charge on any atom is -0.395 e. The molecule has 0 saturated carbocycles. The highest BCUT2D eigenvalue weighted by atomic mass is 16.3. The van der Waals surface area contributed by atoms with Crippen LogP contribution in [0.25, 0.3) is 11.2 Å². The van der Waals surface area contributed by atoms with Gasteiger partial charge in [-0.15, -0.1) is 0 Å². The molecule has 0 unspecified atom stereocenters. The number of fused-ring (bicyclic) bond motifs is 1. The van der Waals surface area contributed by atoms with Crippen LogP contribution >= 0.6 is 0 Å². The maximum atomic E-state index is 12.5. The van der Waals surface area contributed by atoms with Gasteiger partial charge in [0.25, 0.3) is 5.56 Å². The monoisotopic (exact) mass is 309 g/mol. The molecule has 2 rings (SSSR count). The van der Waals surface area contributed by atoms with Crippen molar-refractivity contribution in [2.24, 2.45) is 13.0 Å². The third-order valence-corrected chi connectivity index (χ3v) is 3.50. The second-order valence-corrected chi connectivity index (χ2v) is 5.65. The maximum Gasteiger partial charge on any atom is 0.332 e. The standard InChI is InChI=1S/C14H23N5O3/c1-5-18-12(21)10-11(19(14(18)22)8-9(2)3)16-13(17(10)4)15-6-7-20/h9,20H,5-8H2,1-4H3,(H,15,16). The Labute approximate surface area is 128 Å². The van der Waals surface area contributed by atoms with Crippen LogP contribution in [0.15, 0.2) is 9.59 Å². The largest absolute Gasteiger partial charge is 0.395 e. The molecule has 0 aliphatic heterocycles. The molecule has 0 radical (unpaired) electrons. The van der Waals surface area contributed by atoms with E-state index in [1.165, 1.54) is 4.57 Å². The lowest BCUT2D eigenvalue weighted by molar-refractivity contribution is 0.310. The van der Waals surface area contributed by atoms with Crippen molar-refractivity contribution in [1.82, 2.24) is 18.7 Å². The number of imidazole rings is 1. The zero-order valence-electron chi connectivity index (χ0n) is 13.5. The minimum absolute atomic E-state index is 0.0405. The van der Waals surface area contributed by atoms with Crippen LogP contribution in [0.4, 0.5) is 5.95 Å². The number of hydrogen-bond acceptors (Lipinski definition) is 5. The quantitative estimate of drug-likeness (QED) is 0.782. The van der Waals surface area contributed by atoms with Gasteiger partial charge in [0.15, 0.2) is 11.2 Å². The highest BCUT2D eigenvalue weighted by Crippen LogP contribution is 2.14.